The van der Waals surface area contributed by atoms with Gasteiger partial charge in [-0.1, -0.05) is 207 Å². The molecule has 0 aliphatic heterocycles. The molecule has 0 rings (SSSR count). The maximum absolute atomic E-state index is 13.0. The lowest BCUT2D eigenvalue weighted by molar-refractivity contribution is -0.929. The summed E-state index contributed by atoms with van der Waals surface area (Å²) in [6.45, 7) is 14.1. The standard InChI is InChI=1S/C61H120NO7/c1-5-9-13-17-21-23-25-32-44-56-67-59(64)48-39-34-42-52-62(54-55-63,53-43-35-40-49-60(65)68-57-45-33-26-24-22-18-14-10-6-2)51-41-31-27-30-38-50-61(66)69-58(46-36-28-19-15-11-7-3)47-37-29-20-16-12-8-4/h58,63H,5-57H2,1-4H3/q+1. The Kier molecular flexibility index (Phi) is 52.8. The molecule has 0 heterocycles. The molecular formula is C61H120NO7+. The summed E-state index contributed by atoms with van der Waals surface area (Å²) in [4.78, 5) is 38.0. The number of quaternary nitrogens is 1. The van der Waals surface area contributed by atoms with E-state index < -0.39 is 0 Å². The first-order valence-corrected chi connectivity index (χ1v) is 30.8. The number of rotatable bonds is 57. The van der Waals surface area contributed by atoms with Crippen molar-refractivity contribution in [2.45, 2.75) is 329 Å². The minimum atomic E-state index is -0.0632. The van der Waals surface area contributed by atoms with Crippen LogP contribution < -0.4 is 0 Å². The highest BCUT2D eigenvalue weighted by molar-refractivity contribution is 5.70. The average molecular weight is 980 g/mol. The van der Waals surface area contributed by atoms with Gasteiger partial charge in [0.25, 0.3) is 0 Å². The van der Waals surface area contributed by atoms with Crippen molar-refractivity contribution in [3.05, 3.63) is 0 Å². The van der Waals surface area contributed by atoms with Crippen molar-refractivity contribution in [2.75, 3.05) is 46.0 Å². The van der Waals surface area contributed by atoms with Crippen LogP contribution in [0, 0.1) is 0 Å². The van der Waals surface area contributed by atoms with Crippen LogP contribution >= 0.6 is 0 Å². The molecule has 8 nitrogen and oxygen atoms in total. The SMILES string of the molecule is CCCCCCCCCCCOC(=O)CCCCC[N+](CCO)(CCCCCCCC(=O)OC(CCCCCCCC)CCCCCCCC)CCCCCC(=O)OCCCCCCCCCCC. The molecule has 0 spiro atoms. The van der Waals surface area contributed by atoms with Gasteiger partial charge >= 0.3 is 17.9 Å². The summed E-state index contributed by atoms with van der Waals surface area (Å²) in [5, 5.41) is 10.3. The number of unbranched alkanes of at least 4 members (excludes halogenated alkanes) is 34. The quantitative estimate of drug-likeness (QED) is 0.0280. The van der Waals surface area contributed by atoms with Crippen molar-refractivity contribution in [1.82, 2.24) is 0 Å². The van der Waals surface area contributed by atoms with Gasteiger partial charge in [0.1, 0.15) is 12.6 Å². The van der Waals surface area contributed by atoms with E-state index in [0.717, 1.165) is 153 Å². The van der Waals surface area contributed by atoms with E-state index >= 15 is 0 Å². The number of aliphatic hydroxyl groups is 1. The zero-order chi connectivity index (χ0) is 50.4. The predicted octanol–water partition coefficient (Wildman–Crippen LogP) is 17.8. The number of aliphatic hydroxyl groups excluding tert-OH is 1. The molecule has 0 bridgehead atoms. The molecule has 0 aliphatic rings. The Morgan fingerprint density at radius 2 is 0.609 bits per heavy atom. The third-order valence-electron chi connectivity index (χ3n) is 14.7. The molecule has 0 saturated heterocycles. The molecule has 410 valence electrons. The normalized spacial score (nSPS) is 11.7. The molecule has 0 unspecified atom stereocenters. The number of hydrogen-bond donors (Lipinski definition) is 1. The first-order chi connectivity index (χ1) is 33.9. The molecule has 0 aromatic carbocycles. The van der Waals surface area contributed by atoms with Gasteiger partial charge in [-0.05, 0) is 96.3 Å². The molecule has 0 fully saturated rings. The van der Waals surface area contributed by atoms with E-state index in [4.69, 9.17) is 14.2 Å². The van der Waals surface area contributed by atoms with Crippen LogP contribution in [0.3, 0.4) is 0 Å². The maximum Gasteiger partial charge on any atom is 0.306 e. The van der Waals surface area contributed by atoms with Crippen LogP contribution in [-0.2, 0) is 28.6 Å². The van der Waals surface area contributed by atoms with Crippen LogP contribution in [0.15, 0.2) is 0 Å². The number of esters is 3. The third kappa shape index (κ3) is 48.4. The van der Waals surface area contributed by atoms with Gasteiger partial charge in [-0.15, -0.1) is 0 Å². The summed E-state index contributed by atoms with van der Waals surface area (Å²) in [7, 11) is 0. The molecule has 0 saturated carbocycles. The van der Waals surface area contributed by atoms with Gasteiger partial charge in [0.15, 0.2) is 0 Å². The third-order valence-corrected chi connectivity index (χ3v) is 14.7. The van der Waals surface area contributed by atoms with Crippen LogP contribution in [0.25, 0.3) is 0 Å². The molecule has 69 heavy (non-hydrogen) atoms. The lowest BCUT2D eigenvalue weighted by Crippen LogP contribution is -2.51. The Bertz CT molecular complexity index is 1020. The predicted molar refractivity (Wildman–Crippen MR) is 294 cm³/mol. The summed E-state index contributed by atoms with van der Waals surface area (Å²) in [6, 6.07) is 0. The molecule has 8 heteroatoms. The maximum atomic E-state index is 13.0. The van der Waals surface area contributed by atoms with Gasteiger partial charge in [0.05, 0.1) is 39.5 Å². The molecular weight excluding hydrogens is 859 g/mol. The number of hydrogen-bond acceptors (Lipinski definition) is 7. The molecule has 0 aromatic rings. The lowest BCUT2D eigenvalue weighted by atomic mass is 10.0. The van der Waals surface area contributed by atoms with E-state index in [1.165, 1.54) is 154 Å². The highest BCUT2D eigenvalue weighted by atomic mass is 16.5. The van der Waals surface area contributed by atoms with Crippen LogP contribution in [0.4, 0.5) is 0 Å². The lowest BCUT2D eigenvalue weighted by Gasteiger charge is -2.39. The summed E-state index contributed by atoms with van der Waals surface area (Å²) >= 11 is 0. The van der Waals surface area contributed by atoms with E-state index in [2.05, 4.69) is 27.7 Å². The van der Waals surface area contributed by atoms with Gasteiger partial charge in [0.2, 0.25) is 0 Å². The topological polar surface area (TPSA) is 99.1 Å². The first-order valence-electron chi connectivity index (χ1n) is 30.8. The van der Waals surface area contributed by atoms with E-state index in [-0.39, 0.29) is 30.6 Å². The highest BCUT2D eigenvalue weighted by Gasteiger charge is 2.26. The largest absolute Gasteiger partial charge is 0.466 e. The molecule has 1 N–H and O–H groups in total. The van der Waals surface area contributed by atoms with Crippen LogP contribution in [0.5, 0.6) is 0 Å². The summed E-state index contributed by atoms with van der Waals surface area (Å²) in [5.41, 5.74) is 0. The van der Waals surface area contributed by atoms with E-state index in [0.29, 0.717) is 32.5 Å². The second kappa shape index (κ2) is 54.1. The number of carbonyl (C=O) groups excluding carboxylic acids is 3. The second-order valence-corrected chi connectivity index (χ2v) is 21.4. The van der Waals surface area contributed by atoms with Crippen LogP contribution in [0.2, 0.25) is 0 Å². The van der Waals surface area contributed by atoms with E-state index in [1.807, 2.05) is 0 Å². The average Bonchev–Trinajstić information content (AvgIpc) is 3.34. The van der Waals surface area contributed by atoms with Gasteiger partial charge < -0.3 is 23.8 Å². The van der Waals surface area contributed by atoms with Gasteiger partial charge in [0, 0.05) is 19.3 Å². The molecule has 0 amide bonds. The Hall–Kier alpha value is -1.67. The van der Waals surface area contributed by atoms with Crippen molar-refractivity contribution in [3.8, 4) is 0 Å². The fourth-order valence-corrected chi connectivity index (χ4v) is 10.1. The fourth-order valence-electron chi connectivity index (χ4n) is 10.1. The molecule has 0 radical (unpaired) electrons. The van der Waals surface area contributed by atoms with Gasteiger partial charge in [-0.2, -0.15) is 0 Å². The summed E-state index contributed by atoms with van der Waals surface area (Å²) < 4.78 is 18.2. The smallest absolute Gasteiger partial charge is 0.306 e. The Morgan fingerprint density at radius 1 is 0.333 bits per heavy atom. The van der Waals surface area contributed by atoms with Crippen molar-refractivity contribution < 1.29 is 38.2 Å². The first kappa shape index (κ1) is 67.3. The van der Waals surface area contributed by atoms with Crippen molar-refractivity contribution in [3.63, 3.8) is 0 Å². The molecule has 0 aliphatic carbocycles. The van der Waals surface area contributed by atoms with Gasteiger partial charge in [-0.25, -0.2) is 0 Å². The summed E-state index contributed by atoms with van der Waals surface area (Å²) in [6.07, 6.45) is 52.4. The summed E-state index contributed by atoms with van der Waals surface area (Å²) in [5.74, 6) is -0.131. The minimum Gasteiger partial charge on any atom is -0.466 e. The zero-order valence-electron chi connectivity index (χ0n) is 46.9. The van der Waals surface area contributed by atoms with Crippen molar-refractivity contribution >= 4 is 17.9 Å². The number of nitrogens with zero attached hydrogens (tertiary/aromatic N) is 1. The zero-order valence-corrected chi connectivity index (χ0v) is 46.9. The van der Waals surface area contributed by atoms with Crippen LogP contribution in [-0.4, -0.2) is 79.6 Å². The number of ether oxygens (including phenoxy) is 3. The number of carbonyl (C=O) groups is 3. The molecule has 0 aromatic heterocycles. The van der Waals surface area contributed by atoms with E-state index in [1.54, 1.807) is 0 Å². The Balaban J connectivity index is 4.88. The van der Waals surface area contributed by atoms with Crippen LogP contribution in [0.1, 0.15) is 323 Å². The Labute approximate surface area is 429 Å². The monoisotopic (exact) mass is 979 g/mol. The van der Waals surface area contributed by atoms with Crippen molar-refractivity contribution in [1.29, 1.82) is 0 Å². The minimum absolute atomic E-state index is 0.00488. The second-order valence-electron chi connectivity index (χ2n) is 21.4. The van der Waals surface area contributed by atoms with Crippen molar-refractivity contribution in [2.24, 2.45) is 0 Å². The highest BCUT2D eigenvalue weighted by Crippen LogP contribution is 2.21. The Morgan fingerprint density at radius 3 is 0.957 bits per heavy atom. The van der Waals surface area contributed by atoms with E-state index in [9.17, 15) is 19.5 Å². The molecule has 0 atom stereocenters. The van der Waals surface area contributed by atoms with Gasteiger partial charge in [-0.3, -0.25) is 14.4 Å². The fraction of sp³-hybridized carbons (Fsp3) is 0.951.